The maximum absolute atomic E-state index is 11.7. The zero-order valence-electron chi connectivity index (χ0n) is 13.0. The van der Waals surface area contributed by atoms with Crippen LogP contribution in [0.15, 0.2) is 18.2 Å². The third-order valence-electron chi connectivity index (χ3n) is 2.68. The van der Waals surface area contributed by atoms with Gasteiger partial charge in [0.2, 0.25) is 0 Å². The van der Waals surface area contributed by atoms with Crippen molar-refractivity contribution in [1.82, 2.24) is 0 Å². The lowest BCUT2D eigenvalue weighted by atomic mass is 10.1. The molecule has 122 valence electrons. The first-order valence-corrected chi connectivity index (χ1v) is 6.70. The van der Waals surface area contributed by atoms with Crippen molar-refractivity contribution in [3.8, 4) is 5.75 Å². The number of carboxylic acid groups (broad SMARTS) is 1. The number of hydrogen-bond acceptors (Lipinski definition) is 5. The van der Waals surface area contributed by atoms with E-state index in [2.05, 4.69) is 5.32 Å². The van der Waals surface area contributed by atoms with Gasteiger partial charge in [-0.15, -0.1) is 0 Å². The minimum atomic E-state index is -1.09. The van der Waals surface area contributed by atoms with Crippen LogP contribution in [0.25, 0.3) is 0 Å². The number of benzene rings is 1. The Morgan fingerprint density at radius 2 is 1.95 bits per heavy atom. The predicted octanol–water partition coefficient (Wildman–Crippen LogP) is 2.38. The molecule has 1 rings (SSSR count). The van der Waals surface area contributed by atoms with Crippen molar-refractivity contribution in [3.05, 3.63) is 23.8 Å². The second-order valence-electron chi connectivity index (χ2n) is 5.75. The van der Waals surface area contributed by atoms with Gasteiger partial charge in [-0.1, -0.05) is 6.07 Å². The second-order valence-corrected chi connectivity index (χ2v) is 5.75. The SMILES string of the molecule is COC(Cc1ccc(O)c(NC(=O)OC(C)(C)C)c1)C(=O)O. The van der Waals surface area contributed by atoms with Crippen LogP contribution in [0.2, 0.25) is 0 Å². The molecule has 0 saturated heterocycles. The summed E-state index contributed by atoms with van der Waals surface area (Å²) >= 11 is 0. The smallest absolute Gasteiger partial charge is 0.412 e. The number of carboxylic acids is 1. The third-order valence-corrected chi connectivity index (χ3v) is 2.68. The number of anilines is 1. The molecule has 0 aromatic heterocycles. The summed E-state index contributed by atoms with van der Waals surface area (Å²) in [5.74, 6) is -1.23. The molecule has 7 heteroatoms. The Labute approximate surface area is 128 Å². The lowest BCUT2D eigenvalue weighted by Gasteiger charge is -2.20. The Kier molecular flexibility index (Phi) is 5.76. The summed E-state index contributed by atoms with van der Waals surface area (Å²) in [6, 6.07) is 4.41. The number of carbonyl (C=O) groups is 2. The fraction of sp³-hybridized carbons (Fsp3) is 0.467. The van der Waals surface area contributed by atoms with E-state index in [9.17, 15) is 14.7 Å². The maximum atomic E-state index is 11.7. The molecule has 3 N–H and O–H groups in total. The summed E-state index contributed by atoms with van der Waals surface area (Å²) in [6.45, 7) is 5.16. The monoisotopic (exact) mass is 311 g/mol. The van der Waals surface area contributed by atoms with E-state index < -0.39 is 23.8 Å². The number of carbonyl (C=O) groups excluding carboxylic acids is 1. The number of aromatic hydroxyl groups is 1. The fourth-order valence-corrected chi connectivity index (χ4v) is 1.71. The van der Waals surface area contributed by atoms with Gasteiger partial charge in [0.25, 0.3) is 0 Å². The molecular formula is C15H21NO6. The van der Waals surface area contributed by atoms with Crippen LogP contribution in [-0.4, -0.2) is 41.1 Å². The molecule has 1 aromatic rings. The van der Waals surface area contributed by atoms with Crippen molar-refractivity contribution in [2.45, 2.75) is 38.9 Å². The van der Waals surface area contributed by atoms with E-state index in [1.54, 1.807) is 26.8 Å². The summed E-state index contributed by atoms with van der Waals surface area (Å²) in [6.07, 6.45) is -1.60. The third kappa shape index (κ3) is 5.61. The van der Waals surface area contributed by atoms with Crippen LogP contribution in [0.3, 0.4) is 0 Å². The normalized spacial score (nSPS) is 12.5. The van der Waals surface area contributed by atoms with Gasteiger partial charge in [-0.3, -0.25) is 5.32 Å². The minimum Gasteiger partial charge on any atom is -0.506 e. The number of nitrogens with one attached hydrogen (secondary N) is 1. The number of hydrogen-bond donors (Lipinski definition) is 3. The molecule has 1 atom stereocenters. The average molecular weight is 311 g/mol. The van der Waals surface area contributed by atoms with Crippen LogP contribution in [0.4, 0.5) is 10.5 Å². The number of methoxy groups -OCH3 is 1. The fourth-order valence-electron chi connectivity index (χ4n) is 1.71. The van der Waals surface area contributed by atoms with Crippen molar-refractivity contribution in [2.24, 2.45) is 0 Å². The highest BCUT2D eigenvalue weighted by molar-refractivity contribution is 5.87. The summed E-state index contributed by atoms with van der Waals surface area (Å²) in [4.78, 5) is 22.7. The number of aliphatic carboxylic acids is 1. The Morgan fingerprint density at radius 3 is 2.45 bits per heavy atom. The van der Waals surface area contributed by atoms with Crippen LogP contribution in [0, 0.1) is 0 Å². The molecule has 7 nitrogen and oxygen atoms in total. The largest absolute Gasteiger partial charge is 0.506 e. The highest BCUT2D eigenvalue weighted by Gasteiger charge is 2.19. The molecule has 0 aliphatic rings. The van der Waals surface area contributed by atoms with Crippen LogP contribution >= 0.6 is 0 Å². The molecule has 0 saturated carbocycles. The molecule has 1 amide bonds. The van der Waals surface area contributed by atoms with Gasteiger partial charge in [0.15, 0.2) is 6.10 Å². The van der Waals surface area contributed by atoms with Crippen LogP contribution in [0.5, 0.6) is 5.75 Å². The van der Waals surface area contributed by atoms with Gasteiger partial charge in [0, 0.05) is 13.5 Å². The highest BCUT2D eigenvalue weighted by atomic mass is 16.6. The molecule has 0 heterocycles. The topological polar surface area (TPSA) is 105 Å². The molecular weight excluding hydrogens is 290 g/mol. The first-order chi connectivity index (χ1) is 10.1. The summed E-state index contributed by atoms with van der Waals surface area (Å²) < 4.78 is 9.96. The van der Waals surface area contributed by atoms with Crippen LogP contribution in [0.1, 0.15) is 26.3 Å². The number of phenols is 1. The van der Waals surface area contributed by atoms with Gasteiger partial charge < -0.3 is 19.7 Å². The van der Waals surface area contributed by atoms with E-state index in [0.29, 0.717) is 5.56 Å². The Hall–Kier alpha value is -2.28. The number of phenolic OH excluding ortho intramolecular Hbond substituents is 1. The van der Waals surface area contributed by atoms with E-state index in [-0.39, 0.29) is 17.9 Å². The van der Waals surface area contributed by atoms with Crippen molar-refractivity contribution in [2.75, 3.05) is 12.4 Å². The minimum absolute atomic E-state index is 0.106. The van der Waals surface area contributed by atoms with Crippen molar-refractivity contribution >= 4 is 17.7 Å². The van der Waals surface area contributed by atoms with Crippen LogP contribution < -0.4 is 5.32 Å². The summed E-state index contributed by atoms with van der Waals surface area (Å²) in [7, 11) is 1.30. The summed E-state index contributed by atoms with van der Waals surface area (Å²) in [5, 5.41) is 21.2. The Morgan fingerprint density at radius 1 is 1.32 bits per heavy atom. The van der Waals surface area contributed by atoms with Crippen molar-refractivity contribution < 1.29 is 29.3 Å². The van der Waals surface area contributed by atoms with Crippen LogP contribution in [-0.2, 0) is 20.7 Å². The molecule has 0 radical (unpaired) electrons. The zero-order valence-corrected chi connectivity index (χ0v) is 13.0. The lowest BCUT2D eigenvalue weighted by Crippen LogP contribution is -2.27. The molecule has 0 bridgehead atoms. The van der Waals surface area contributed by atoms with E-state index in [0.717, 1.165) is 0 Å². The molecule has 1 unspecified atom stereocenters. The Balaban J connectivity index is 2.86. The van der Waals surface area contributed by atoms with Gasteiger partial charge in [0.05, 0.1) is 5.69 Å². The molecule has 0 spiro atoms. The predicted molar refractivity (Wildman–Crippen MR) is 80.1 cm³/mol. The van der Waals surface area contributed by atoms with E-state index in [1.807, 2.05) is 0 Å². The van der Waals surface area contributed by atoms with Gasteiger partial charge >= 0.3 is 12.1 Å². The zero-order chi connectivity index (χ0) is 16.9. The van der Waals surface area contributed by atoms with Gasteiger partial charge in [-0.05, 0) is 38.5 Å². The molecule has 0 aliphatic carbocycles. The lowest BCUT2D eigenvalue weighted by molar-refractivity contribution is -0.148. The van der Waals surface area contributed by atoms with Gasteiger partial charge in [-0.25, -0.2) is 9.59 Å². The van der Waals surface area contributed by atoms with E-state index >= 15 is 0 Å². The standard InChI is InChI=1S/C15H21NO6/c1-15(2,3)22-14(20)16-10-7-9(5-6-11(10)17)8-12(21-4)13(18)19/h5-7,12,17H,8H2,1-4H3,(H,16,20)(H,18,19). The number of ether oxygens (including phenoxy) is 2. The van der Waals surface area contributed by atoms with Crippen molar-refractivity contribution in [1.29, 1.82) is 0 Å². The van der Waals surface area contributed by atoms with Crippen molar-refractivity contribution in [3.63, 3.8) is 0 Å². The first kappa shape index (κ1) is 17.8. The molecule has 0 aliphatic heterocycles. The number of rotatable bonds is 5. The molecule has 1 aromatic carbocycles. The van der Waals surface area contributed by atoms with E-state index in [4.69, 9.17) is 14.6 Å². The molecule has 22 heavy (non-hydrogen) atoms. The number of amides is 1. The molecule has 0 fully saturated rings. The summed E-state index contributed by atoms with van der Waals surface area (Å²) in [5.41, 5.74) is 0.0759. The van der Waals surface area contributed by atoms with Gasteiger partial charge in [0.1, 0.15) is 11.4 Å². The maximum Gasteiger partial charge on any atom is 0.412 e. The quantitative estimate of drug-likeness (QED) is 0.721. The van der Waals surface area contributed by atoms with E-state index in [1.165, 1.54) is 19.2 Å². The average Bonchev–Trinajstić information content (AvgIpc) is 2.36. The first-order valence-electron chi connectivity index (χ1n) is 6.70. The second kappa shape index (κ2) is 7.13. The van der Waals surface area contributed by atoms with Gasteiger partial charge in [-0.2, -0.15) is 0 Å². The highest BCUT2D eigenvalue weighted by Crippen LogP contribution is 2.25. The Bertz CT molecular complexity index is 549.